The van der Waals surface area contributed by atoms with Crippen molar-refractivity contribution < 1.29 is 14.8 Å². The Morgan fingerprint density at radius 1 is 0.597 bits per heavy atom. The first kappa shape index (κ1) is 40.6. The van der Waals surface area contributed by atoms with Crippen molar-refractivity contribution in [1.82, 2.24) is 9.88 Å². The first-order chi connectivity index (χ1) is 30.3. The minimum absolute atomic E-state index is 0.0252. The molecule has 0 amide bonds. The van der Waals surface area contributed by atoms with Crippen LogP contribution in [0.5, 0.6) is 0 Å². The van der Waals surface area contributed by atoms with Crippen molar-refractivity contribution >= 4 is 83.1 Å². The molecule has 9 rings (SSSR count). The summed E-state index contributed by atoms with van der Waals surface area (Å²) in [5.74, 6) is -0.0564. The van der Waals surface area contributed by atoms with E-state index in [4.69, 9.17) is 15.0 Å². The molecule has 12 heteroatoms. The molecule has 0 aliphatic carbocycles. The fourth-order valence-electron chi connectivity index (χ4n) is 7.79. The zero-order valence-electron chi connectivity index (χ0n) is 34.0. The lowest BCUT2D eigenvalue weighted by Gasteiger charge is -2.16. The van der Waals surface area contributed by atoms with E-state index in [1.807, 2.05) is 133 Å². The van der Waals surface area contributed by atoms with Gasteiger partial charge in [0.15, 0.2) is 12.4 Å². The lowest BCUT2D eigenvalue weighted by Crippen LogP contribution is -2.26. The summed E-state index contributed by atoms with van der Waals surface area (Å²) in [6, 6.07) is 23.8. The number of pyridine rings is 1. The SMILES string of the molecule is CN1C=CC(=C2C3=NC(=C(c4cccc(C(O)=NCCBr)c4)C4=NC(=C(c5cc[n+](C)cc5)C5=NC(=C(c6cccc(C(O)=NCCBr)c6)c6ccc2[nH]6)C=C5)C=C4)C=C3)C=C1. The Bertz CT molecular complexity index is 2950. The third kappa shape index (κ3) is 8.18. The van der Waals surface area contributed by atoms with Gasteiger partial charge >= 0.3 is 0 Å². The Kier molecular flexibility index (Phi) is 11.6. The second kappa shape index (κ2) is 17.7. The van der Waals surface area contributed by atoms with Crippen LogP contribution in [0.25, 0.3) is 22.3 Å². The van der Waals surface area contributed by atoms with Gasteiger partial charge in [0.05, 0.1) is 47.3 Å². The number of alkyl halides is 2. The summed E-state index contributed by atoms with van der Waals surface area (Å²) in [6.45, 7) is 0.892. The van der Waals surface area contributed by atoms with Crippen LogP contribution in [0.15, 0.2) is 194 Å². The highest BCUT2D eigenvalue weighted by molar-refractivity contribution is 9.09. The molecule has 8 bridgehead atoms. The van der Waals surface area contributed by atoms with Gasteiger partial charge in [-0.3, -0.25) is 9.98 Å². The lowest BCUT2D eigenvalue weighted by atomic mass is 9.97. The molecule has 4 aromatic rings. The number of aryl methyl sites for hydroxylation is 1. The molecule has 2 aromatic carbocycles. The average Bonchev–Trinajstić information content (AvgIpc) is 4.14. The van der Waals surface area contributed by atoms with Crippen LogP contribution in [0.4, 0.5) is 0 Å². The van der Waals surface area contributed by atoms with Gasteiger partial charge < -0.3 is 20.1 Å². The van der Waals surface area contributed by atoms with Gasteiger partial charge in [-0.2, -0.15) is 0 Å². The van der Waals surface area contributed by atoms with Crippen LogP contribution in [-0.4, -0.2) is 79.8 Å². The average molecular weight is 946 g/mol. The number of benzene rings is 2. The molecule has 62 heavy (non-hydrogen) atoms. The van der Waals surface area contributed by atoms with Gasteiger partial charge in [-0.25, -0.2) is 19.5 Å². The van der Waals surface area contributed by atoms with E-state index in [1.54, 1.807) is 0 Å². The smallest absolute Gasteiger partial charge is 0.213 e. The number of aliphatic hydroxyl groups is 2. The van der Waals surface area contributed by atoms with Crippen LogP contribution >= 0.6 is 31.9 Å². The van der Waals surface area contributed by atoms with E-state index in [-0.39, 0.29) is 11.8 Å². The summed E-state index contributed by atoms with van der Waals surface area (Å²) in [7, 11) is 3.99. The molecule has 0 spiro atoms. The van der Waals surface area contributed by atoms with Gasteiger partial charge in [-0.1, -0.05) is 56.1 Å². The maximum Gasteiger partial charge on any atom is 0.213 e. The van der Waals surface area contributed by atoms with E-state index >= 15 is 0 Å². The van der Waals surface area contributed by atoms with E-state index in [1.165, 1.54) is 0 Å². The van der Waals surface area contributed by atoms with Gasteiger partial charge in [-0.15, -0.1) is 0 Å². The number of nitrogens with one attached hydrogen (secondary N) is 1. The Morgan fingerprint density at radius 3 is 1.60 bits per heavy atom. The van der Waals surface area contributed by atoms with E-state index in [0.29, 0.717) is 34.9 Å². The van der Waals surface area contributed by atoms with Crippen LogP contribution in [0.3, 0.4) is 0 Å². The fourth-order valence-corrected chi connectivity index (χ4v) is 8.14. The fraction of sp³-hybridized carbons (Fsp3) is 0.120. The molecule has 0 fully saturated rings. The molecule has 0 saturated heterocycles. The Labute approximate surface area is 376 Å². The van der Waals surface area contributed by atoms with Crippen molar-refractivity contribution in [3.8, 4) is 0 Å². The van der Waals surface area contributed by atoms with Crippen LogP contribution in [0.2, 0.25) is 0 Å². The quantitative estimate of drug-likeness (QED) is 0.0670. The molecule has 5 aliphatic heterocycles. The van der Waals surface area contributed by atoms with Crippen molar-refractivity contribution in [2.24, 2.45) is 32.0 Å². The van der Waals surface area contributed by atoms with Gasteiger partial charge in [0, 0.05) is 87.0 Å². The van der Waals surface area contributed by atoms with Crippen LogP contribution in [0.1, 0.15) is 39.2 Å². The minimum Gasteiger partial charge on any atom is -0.493 e. The molecule has 0 unspecified atom stereocenters. The third-order valence-electron chi connectivity index (χ3n) is 10.7. The van der Waals surface area contributed by atoms with Gasteiger partial charge in [0.25, 0.3) is 0 Å². The lowest BCUT2D eigenvalue weighted by molar-refractivity contribution is -0.671. The number of aromatic amines is 1. The first-order valence-electron chi connectivity index (χ1n) is 20.1. The summed E-state index contributed by atoms with van der Waals surface area (Å²) in [6.07, 6.45) is 24.5. The molecule has 0 saturated carbocycles. The van der Waals surface area contributed by atoms with E-state index < -0.39 is 0 Å². The molecule has 3 N–H and O–H groups in total. The van der Waals surface area contributed by atoms with Gasteiger partial charge in [-0.05, 0) is 107 Å². The number of nitrogens with zero attached hydrogens (tertiary/aromatic N) is 7. The molecule has 10 nitrogen and oxygen atoms in total. The van der Waals surface area contributed by atoms with Crippen LogP contribution in [-0.2, 0) is 7.05 Å². The number of hydrogen-bond donors (Lipinski definition) is 3. The van der Waals surface area contributed by atoms with E-state index in [2.05, 4.69) is 83.2 Å². The molecule has 306 valence electrons. The zero-order chi connectivity index (χ0) is 42.7. The number of allylic oxidation sites excluding steroid dienone is 12. The Hall–Kier alpha value is -6.76. The predicted octanol–water partition coefficient (Wildman–Crippen LogP) is 9.59. The van der Waals surface area contributed by atoms with Crippen molar-refractivity contribution in [3.63, 3.8) is 0 Å². The number of H-pyrrole nitrogens is 1. The molecule has 7 heterocycles. The maximum absolute atomic E-state index is 11.0. The largest absolute Gasteiger partial charge is 0.493 e. The first-order valence-corrected chi connectivity index (χ1v) is 22.3. The van der Waals surface area contributed by atoms with Crippen molar-refractivity contribution in [3.05, 3.63) is 208 Å². The normalized spacial score (nSPS) is 17.3. The molecule has 2 aromatic heterocycles. The standard InChI is InChI=1S/C50H40Br2N8O2/c1-59-25-17-31(18-26-59)45-37-9-13-41(55-37)47(33-5-3-7-35(29-33)49(61)53-23-21-51)43-15-11-39(57-43)46(32-19-27-60(2)28-20-32)40-12-16-44(58-40)48(42-14-10-38(45)56-42)34-6-4-8-36(30-34)50(62)54-24-22-52/h3-20,25-30H,21-24H2,1-2H3,(H2-,53,54,55,56,57,58,61,62)/p+1. The number of rotatable bonds is 9. The Morgan fingerprint density at radius 2 is 1.06 bits per heavy atom. The van der Waals surface area contributed by atoms with Crippen molar-refractivity contribution in [1.29, 1.82) is 0 Å². The molecule has 0 radical (unpaired) electrons. The number of aliphatic hydroxyl groups excluding tert-OH is 2. The van der Waals surface area contributed by atoms with Gasteiger partial charge in [0.2, 0.25) is 11.8 Å². The van der Waals surface area contributed by atoms with Crippen LogP contribution < -0.4 is 4.57 Å². The summed E-state index contributed by atoms with van der Waals surface area (Å²) in [4.78, 5) is 30.6. The molecular formula is C50H41Br2N8O2+. The molecule has 0 atom stereocenters. The molecular weight excluding hydrogens is 904 g/mol. The minimum atomic E-state index is -0.0312. The summed E-state index contributed by atoms with van der Waals surface area (Å²) in [5, 5.41) is 23.3. The second-order valence-electron chi connectivity index (χ2n) is 14.9. The number of hydrogen-bond acceptors (Lipinski definition) is 6. The summed E-state index contributed by atoms with van der Waals surface area (Å²) < 4.78 is 2.00. The highest BCUT2D eigenvalue weighted by Crippen LogP contribution is 2.39. The highest BCUT2D eigenvalue weighted by atomic mass is 79.9. The van der Waals surface area contributed by atoms with Crippen molar-refractivity contribution in [2.75, 3.05) is 30.8 Å². The Balaban J connectivity index is 1.33. The monoisotopic (exact) mass is 943 g/mol. The second-order valence-corrected chi connectivity index (χ2v) is 16.5. The number of aromatic nitrogens is 2. The summed E-state index contributed by atoms with van der Waals surface area (Å²) in [5.41, 5.74) is 14.4. The van der Waals surface area contributed by atoms with Gasteiger partial charge in [0.1, 0.15) is 7.05 Å². The predicted molar refractivity (Wildman–Crippen MR) is 259 cm³/mol. The van der Waals surface area contributed by atoms with Crippen LogP contribution in [0, 0.1) is 0 Å². The maximum atomic E-state index is 11.0. The summed E-state index contributed by atoms with van der Waals surface area (Å²) >= 11 is 6.83. The van der Waals surface area contributed by atoms with Crippen molar-refractivity contribution in [2.45, 2.75) is 0 Å². The highest BCUT2D eigenvalue weighted by Gasteiger charge is 2.27. The van der Waals surface area contributed by atoms with E-state index in [9.17, 15) is 10.2 Å². The van der Waals surface area contributed by atoms with E-state index in [0.717, 1.165) is 90.2 Å². The zero-order valence-corrected chi connectivity index (χ0v) is 37.1. The molecule has 5 aliphatic rings. The third-order valence-corrected chi connectivity index (χ3v) is 11.4. The number of fused-ring (bicyclic) bond motifs is 5. The number of aliphatic imine (C=N–C) groups is 5. The number of halogens is 2. The topological polar surface area (TPSA) is 125 Å².